The van der Waals surface area contributed by atoms with Crippen LogP contribution in [0.5, 0.6) is 17.2 Å². The molecule has 0 aliphatic rings. The summed E-state index contributed by atoms with van der Waals surface area (Å²) in [5.74, 6) is 0.444. The van der Waals surface area contributed by atoms with Crippen molar-refractivity contribution in [3.8, 4) is 28.6 Å². The Hall–Kier alpha value is -4.31. The maximum atomic E-state index is 13.8. The largest absolute Gasteiger partial charge is 0.493 e. The first kappa shape index (κ1) is 25.8. The molecule has 9 nitrogen and oxygen atoms in total. The number of carbonyl (C=O) groups excluding carboxylic acids is 1. The van der Waals surface area contributed by atoms with Gasteiger partial charge in [0, 0.05) is 30.9 Å². The summed E-state index contributed by atoms with van der Waals surface area (Å²) in [4.78, 5) is 23.1. The third-order valence-corrected chi connectivity index (χ3v) is 7.52. The van der Waals surface area contributed by atoms with Gasteiger partial charge in [-0.1, -0.05) is 18.2 Å². The lowest BCUT2D eigenvalue weighted by Gasteiger charge is -2.13. The first-order chi connectivity index (χ1) is 17.7. The molecule has 0 saturated carbocycles. The van der Waals surface area contributed by atoms with Crippen LogP contribution in [0.2, 0.25) is 0 Å². The van der Waals surface area contributed by atoms with E-state index >= 15 is 0 Å². The molecule has 0 aliphatic heterocycles. The number of aromatic nitrogens is 2. The quantitative estimate of drug-likeness (QED) is 0.326. The summed E-state index contributed by atoms with van der Waals surface area (Å²) in [6.45, 7) is 0. The fourth-order valence-electron chi connectivity index (χ4n) is 3.83. The van der Waals surface area contributed by atoms with Crippen molar-refractivity contribution < 1.29 is 27.4 Å². The van der Waals surface area contributed by atoms with Crippen LogP contribution >= 0.6 is 0 Å². The number of ether oxygens (including phenoxy) is 3. The van der Waals surface area contributed by atoms with E-state index in [4.69, 9.17) is 14.2 Å². The van der Waals surface area contributed by atoms with Gasteiger partial charge in [0.25, 0.3) is 0 Å². The van der Waals surface area contributed by atoms with E-state index in [1.807, 2.05) is 31.1 Å². The average Bonchev–Trinajstić information content (AvgIpc) is 3.38. The predicted molar refractivity (Wildman–Crippen MR) is 140 cm³/mol. The van der Waals surface area contributed by atoms with Crippen molar-refractivity contribution in [1.29, 1.82) is 0 Å². The van der Waals surface area contributed by atoms with E-state index in [0.717, 1.165) is 5.69 Å². The van der Waals surface area contributed by atoms with Crippen LogP contribution in [0.1, 0.15) is 16.1 Å². The van der Waals surface area contributed by atoms with Gasteiger partial charge in [0.05, 0.1) is 26.2 Å². The Morgan fingerprint density at radius 2 is 1.46 bits per heavy atom. The molecule has 0 unspecified atom stereocenters. The van der Waals surface area contributed by atoms with E-state index in [-0.39, 0.29) is 38.5 Å². The number of nitrogens with zero attached hydrogens (tertiary/aromatic N) is 2. The third kappa shape index (κ3) is 4.88. The minimum atomic E-state index is -4.11. The van der Waals surface area contributed by atoms with E-state index in [1.54, 1.807) is 30.3 Å². The lowest BCUT2D eigenvalue weighted by molar-refractivity contribution is 0.103. The minimum absolute atomic E-state index is 0.0343. The number of nitrogens with one attached hydrogen (secondary N) is 1. The molecule has 0 aliphatic carbocycles. The molecule has 0 spiro atoms. The smallest absolute Gasteiger partial charge is 0.224 e. The van der Waals surface area contributed by atoms with Gasteiger partial charge >= 0.3 is 0 Å². The molecule has 0 fully saturated rings. The molecule has 1 N–H and O–H groups in total. The summed E-state index contributed by atoms with van der Waals surface area (Å²) in [5, 5.41) is -0.302. The molecule has 192 valence electrons. The van der Waals surface area contributed by atoms with Gasteiger partial charge in [-0.15, -0.1) is 0 Å². The zero-order valence-electron chi connectivity index (χ0n) is 21.1. The molecule has 4 aromatic rings. The van der Waals surface area contributed by atoms with Crippen LogP contribution in [-0.4, -0.2) is 59.6 Å². The van der Waals surface area contributed by atoms with E-state index in [0.29, 0.717) is 11.3 Å². The highest BCUT2D eigenvalue weighted by molar-refractivity contribution is 7.91. The number of aromatic amines is 1. The van der Waals surface area contributed by atoms with Crippen LogP contribution in [-0.2, 0) is 9.84 Å². The molecular weight excluding hydrogens is 494 g/mol. The van der Waals surface area contributed by atoms with Crippen molar-refractivity contribution in [2.75, 3.05) is 40.3 Å². The third-order valence-electron chi connectivity index (χ3n) is 5.79. The van der Waals surface area contributed by atoms with E-state index in [1.165, 1.54) is 45.6 Å². The molecule has 0 atom stereocenters. The summed E-state index contributed by atoms with van der Waals surface area (Å²) in [7, 11) is 4.04. The van der Waals surface area contributed by atoms with Crippen molar-refractivity contribution in [2.45, 2.75) is 9.92 Å². The number of hydrogen-bond acceptors (Lipinski definition) is 8. The van der Waals surface area contributed by atoms with Crippen LogP contribution in [0.4, 0.5) is 5.69 Å². The highest BCUT2D eigenvalue weighted by atomic mass is 32.2. The van der Waals surface area contributed by atoms with Gasteiger partial charge in [0.2, 0.25) is 21.4 Å². The first-order valence-electron chi connectivity index (χ1n) is 11.2. The summed E-state index contributed by atoms with van der Waals surface area (Å²) in [6.07, 6.45) is 0. The number of imidazole rings is 1. The summed E-state index contributed by atoms with van der Waals surface area (Å²) < 4.78 is 43.3. The van der Waals surface area contributed by atoms with Gasteiger partial charge in [-0.2, -0.15) is 0 Å². The fraction of sp³-hybridized carbons (Fsp3) is 0.185. The standard InChI is InChI=1S/C27H27N3O6S/c1-30(2)19-13-11-17(12-14-19)26-28-23(27(29-26)37(32,33)20-9-7-6-8-10-20)24(31)18-15-21(34-3)25(36-5)22(16-18)35-4/h6-16H,1-5H3,(H,28,29). The van der Waals surface area contributed by atoms with Gasteiger partial charge in [-0.3, -0.25) is 4.79 Å². The Balaban J connectivity index is 1.91. The van der Waals surface area contributed by atoms with Crippen LogP contribution in [0.25, 0.3) is 11.4 Å². The second kappa shape index (κ2) is 10.4. The monoisotopic (exact) mass is 521 g/mol. The molecule has 0 saturated heterocycles. The number of methoxy groups -OCH3 is 3. The molecule has 1 heterocycles. The molecule has 4 rings (SSSR count). The summed E-state index contributed by atoms with van der Waals surface area (Å²) >= 11 is 0. The molecule has 37 heavy (non-hydrogen) atoms. The van der Waals surface area contributed by atoms with Gasteiger partial charge in [-0.05, 0) is 48.5 Å². The Kier molecular flexibility index (Phi) is 7.21. The lowest BCUT2D eigenvalue weighted by Crippen LogP contribution is -2.11. The zero-order chi connectivity index (χ0) is 26.7. The lowest BCUT2D eigenvalue weighted by atomic mass is 10.1. The Morgan fingerprint density at radius 1 is 0.865 bits per heavy atom. The van der Waals surface area contributed by atoms with Crippen LogP contribution < -0.4 is 19.1 Å². The van der Waals surface area contributed by atoms with Crippen LogP contribution in [0.3, 0.4) is 0 Å². The number of hydrogen-bond donors (Lipinski definition) is 1. The normalized spacial score (nSPS) is 11.2. The zero-order valence-corrected chi connectivity index (χ0v) is 21.9. The highest BCUT2D eigenvalue weighted by Crippen LogP contribution is 2.39. The number of anilines is 1. The van der Waals surface area contributed by atoms with Crippen molar-refractivity contribution in [3.63, 3.8) is 0 Å². The molecule has 0 amide bonds. The fourth-order valence-corrected chi connectivity index (χ4v) is 5.20. The molecule has 10 heteroatoms. The highest BCUT2D eigenvalue weighted by Gasteiger charge is 2.31. The Bertz CT molecular complexity index is 1500. The van der Waals surface area contributed by atoms with Crippen molar-refractivity contribution >= 4 is 21.3 Å². The first-order valence-corrected chi connectivity index (χ1v) is 12.7. The molecule has 0 bridgehead atoms. The number of sulfone groups is 1. The van der Waals surface area contributed by atoms with E-state index < -0.39 is 15.6 Å². The molecule has 1 aromatic heterocycles. The predicted octanol–water partition coefficient (Wildman–Crippen LogP) is 4.23. The van der Waals surface area contributed by atoms with Crippen LogP contribution in [0, 0.1) is 0 Å². The van der Waals surface area contributed by atoms with Gasteiger partial charge in [0.15, 0.2) is 16.5 Å². The SMILES string of the molecule is COc1cc(C(=O)c2nc(-c3ccc(N(C)C)cc3)[nH]c2S(=O)(=O)c2ccccc2)cc(OC)c1OC. The average molecular weight is 522 g/mol. The molecular formula is C27H27N3O6S. The number of carbonyl (C=O) groups is 1. The van der Waals surface area contributed by atoms with Gasteiger partial charge < -0.3 is 24.1 Å². The maximum absolute atomic E-state index is 13.8. The maximum Gasteiger partial charge on any atom is 0.224 e. The number of benzene rings is 3. The van der Waals surface area contributed by atoms with Gasteiger partial charge in [0.1, 0.15) is 11.5 Å². The Labute approximate surface area is 215 Å². The molecule has 0 radical (unpaired) electrons. The van der Waals surface area contributed by atoms with Crippen molar-refractivity contribution in [3.05, 3.63) is 78.0 Å². The number of rotatable bonds is 9. The Morgan fingerprint density at radius 3 is 1.97 bits per heavy atom. The second-order valence-electron chi connectivity index (χ2n) is 8.26. The van der Waals surface area contributed by atoms with Crippen molar-refractivity contribution in [1.82, 2.24) is 9.97 Å². The summed E-state index contributed by atoms with van der Waals surface area (Å²) in [5.41, 5.74) is 1.46. The van der Waals surface area contributed by atoms with Gasteiger partial charge in [-0.25, -0.2) is 13.4 Å². The van der Waals surface area contributed by atoms with Crippen LogP contribution in [0.15, 0.2) is 76.7 Å². The minimum Gasteiger partial charge on any atom is -0.493 e. The summed E-state index contributed by atoms with van der Waals surface area (Å²) in [6, 6.07) is 18.2. The van der Waals surface area contributed by atoms with E-state index in [9.17, 15) is 13.2 Å². The van der Waals surface area contributed by atoms with E-state index in [2.05, 4.69) is 9.97 Å². The topological polar surface area (TPSA) is 111 Å². The number of ketones is 1. The number of H-pyrrole nitrogens is 1. The molecule has 3 aromatic carbocycles. The second-order valence-corrected chi connectivity index (χ2v) is 10.2. The van der Waals surface area contributed by atoms with Crippen molar-refractivity contribution in [2.24, 2.45) is 0 Å².